The summed E-state index contributed by atoms with van der Waals surface area (Å²) in [4.78, 5) is 27.1. The van der Waals surface area contributed by atoms with Crippen LogP contribution >= 0.6 is 0 Å². The summed E-state index contributed by atoms with van der Waals surface area (Å²) in [6.45, 7) is 5.51. The summed E-state index contributed by atoms with van der Waals surface area (Å²) in [5.74, 6) is 0.0672. The van der Waals surface area contributed by atoms with Crippen LogP contribution in [0.1, 0.15) is 66.7 Å². The summed E-state index contributed by atoms with van der Waals surface area (Å²) in [6.07, 6.45) is 7.45. The molecule has 6 heteroatoms. The van der Waals surface area contributed by atoms with E-state index < -0.39 is 0 Å². The molecular formula is C25H34N4O2. The number of amides is 3. The van der Waals surface area contributed by atoms with Gasteiger partial charge in [0.2, 0.25) is 0 Å². The number of nitrogens with zero attached hydrogens (tertiary/aromatic N) is 2. The van der Waals surface area contributed by atoms with Crippen LogP contribution in [0.4, 0.5) is 4.79 Å². The van der Waals surface area contributed by atoms with Gasteiger partial charge in [-0.2, -0.15) is 0 Å². The van der Waals surface area contributed by atoms with E-state index in [-0.39, 0.29) is 18.0 Å². The van der Waals surface area contributed by atoms with E-state index in [2.05, 4.69) is 41.2 Å². The van der Waals surface area contributed by atoms with Crippen LogP contribution in [-0.2, 0) is 0 Å². The van der Waals surface area contributed by atoms with Gasteiger partial charge in [0.1, 0.15) is 0 Å². The first-order valence-corrected chi connectivity index (χ1v) is 11.6. The molecule has 1 aliphatic carbocycles. The van der Waals surface area contributed by atoms with Gasteiger partial charge in [0.05, 0.1) is 0 Å². The standard InChI is InChI=1S/C25H34N4O2/c1-18-8-9-19(2)29(18)23-12-10-20(11-13-23)24(30)28-16-14-22(15-17-28)27-25(31)26-21-6-4-3-5-7-21/h8-13,21-22H,3-7,14-17H2,1-2H3,(H2,26,27,31). The average Bonchev–Trinajstić information content (AvgIpc) is 3.12. The molecule has 0 spiro atoms. The van der Waals surface area contributed by atoms with Crippen LogP contribution in [0.3, 0.4) is 0 Å². The van der Waals surface area contributed by atoms with E-state index >= 15 is 0 Å². The number of nitrogens with one attached hydrogen (secondary N) is 2. The lowest BCUT2D eigenvalue weighted by Gasteiger charge is -2.33. The zero-order chi connectivity index (χ0) is 21.8. The number of likely N-dealkylation sites (tertiary alicyclic amines) is 1. The largest absolute Gasteiger partial charge is 0.338 e. The first-order chi connectivity index (χ1) is 15.0. The van der Waals surface area contributed by atoms with Crippen molar-refractivity contribution in [1.29, 1.82) is 0 Å². The van der Waals surface area contributed by atoms with Crippen LogP contribution in [0, 0.1) is 13.8 Å². The van der Waals surface area contributed by atoms with Crippen LogP contribution in [-0.4, -0.2) is 46.6 Å². The smallest absolute Gasteiger partial charge is 0.315 e. The minimum atomic E-state index is -0.0529. The zero-order valence-corrected chi connectivity index (χ0v) is 18.7. The predicted octanol–water partition coefficient (Wildman–Crippen LogP) is 4.33. The minimum absolute atomic E-state index is 0.0529. The Hall–Kier alpha value is -2.76. The molecule has 1 saturated heterocycles. The third kappa shape index (κ3) is 5.12. The number of aryl methyl sites for hydroxylation is 2. The highest BCUT2D eigenvalue weighted by Crippen LogP contribution is 2.20. The average molecular weight is 423 g/mol. The number of hydrogen-bond acceptors (Lipinski definition) is 2. The Balaban J connectivity index is 1.27. The maximum absolute atomic E-state index is 12.9. The summed E-state index contributed by atoms with van der Waals surface area (Å²) in [7, 11) is 0. The zero-order valence-electron chi connectivity index (χ0n) is 18.7. The fourth-order valence-electron chi connectivity index (χ4n) is 4.90. The highest BCUT2D eigenvalue weighted by molar-refractivity contribution is 5.94. The van der Waals surface area contributed by atoms with E-state index in [1.165, 1.54) is 30.7 Å². The second kappa shape index (κ2) is 9.58. The molecule has 0 radical (unpaired) electrons. The molecule has 166 valence electrons. The normalized spacial score (nSPS) is 18.1. The molecule has 0 bridgehead atoms. The molecular weight excluding hydrogens is 388 g/mol. The number of benzene rings is 1. The number of rotatable bonds is 4. The summed E-state index contributed by atoms with van der Waals surface area (Å²) >= 11 is 0. The first-order valence-electron chi connectivity index (χ1n) is 11.6. The predicted molar refractivity (Wildman–Crippen MR) is 123 cm³/mol. The van der Waals surface area contributed by atoms with Crippen LogP contribution in [0.25, 0.3) is 5.69 Å². The molecule has 0 unspecified atom stereocenters. The van der Waals surface area contributed by atoms with E-state index in [0.29, 0.717) is 24.7 Å². The van der Waals surface area contributed by atoms with Gasteiger partial charge in [-0.3, -0.25) is 4.79 Å². The highest BCUT2D eigenvalue weighted by atomic mass is 16.2. The lowest BCUT2D eigenvalue weighted by Crippen LogP contribution is -2.51. The van der Waals surface area contributed by atoms with Crippen molar-refractivity contribution in [3.05, 3.63) is 53.3 Å². The number of carbonyl (C=O) groups is 2. The lowest BCUT2D eigenvalue weighted by atomic mass is 9.96. The van der Waals surface area contributed by atoms with Crippen molar-refractivity contribution in [1.82, 2.24) is 20.1 Å². The highest BCUT2D eigenvalue weighted by Gasteiger charge is 2.25. The molecule has 1 saturated carbocycles. The van der Waals surface area contributed by atoms with Crippen molar-refractivity contribution in [2.45, 2.75) is 70.9 Å². The molecule has 2 aliphatic rings. The first kappa shape index (κ1) is 21.5. The summed E-state index contributed by atoms with van der Waals surface area (Å²) in [5.41, 5.74) is 4.15. The third-order valence-electron chi connectivity index (χ3n) is 6.70. The molecule has 1 aromatic heterocycles. The van der Waals surface area contributed by atoms with Gasteiger partial charge in [-0.25, -0.2) is 4.79 Å². The Morgan fingerprint density at radius 2 is 1.32 bits per heavy atom. The van der Waals surface area contributed by atoms with Gasteiger partial charge >= 0.3 is 6.03 Å². The van der Waals surface area contributed by atoms with E-state index in [1.807, 2.05) is 29.2 Å². The van der Waals surface area contributed by atoms with Crippen LogP contribution in [0.15, 0.2) is 36.4 Å². The fraction of sp³-hybridized carbons (Fsp3) is 0.520. The number of hydrogen-bond donors (Lipinski definition) is 2. The van der Waals surface area contributed by atoms with Gasteiger partial charge in [0.25, 0.3) is 5.91 Å². The Labute approximate surface area is 185 Å². The van der Waals surface area contributed by atoms with Crippen LogP contribution in [0.5, 0.6) is 0 Å². The van der Waals surface area contributed by atoms with Gasteiger partial charge in [0.15, 0.2) is 0 Å². The molecule has 2 fully saturated rings. The van der Waals surface area contributed by atoms with Gasteiger partial charge in [-0.15, -0.1) is 0 Å². The van der Waals surface area contributed by atoms with Crippen molar-refractivity contribution in [2.75, 3.05) is 13.1 Å². The van der Waals surface area contributed by atoms with E-state index in [1.54, 1.807) is 0 Å². The van der Waals surface area contributed by atoms with Crippen LogP contribution < -0.4 is 10.6 Å². The Morgan fingerprint density at radius 3 is 1.90 bits per heavy atom. The third-order valence-corrected chi connectivity index (χ3v) is 6.70. The fourth-order valence-corrected chi connectivity index (χ4v) is 4.90. The Bertz CT molecular complexity index is 885. The van der Waals surface area contributed by atoms with Gasteiger partial charge in [-0.05, 0) is 75.9 Å². The van der Waals surface area contributed by atoms with Crippen molar-refractivity contribution in [3.63, 3.8) is 0 Å². The number of piperidine rings is 1. The van der Waals surface area contributed by atoms with E-state index in [0.717, 1.165) is 31.4 Å². The van der Waals surface area contributed by atoms with Crippen molar-refractivity contribution >= 4 is 11.9 Å². The topological polar surface area (TPSA) is 66.4 Å². The molecule has 2 aromatic rings. The van der Waals surface area contributed by atoms with Crippen molar-refractivity contribution in [3.8, 4) is 5.69 Å². The molecule has 1 aliphatic heterocycles. The molecule has 1 aromatic carbocycles. The van der Waals surface area contributed by atoms with Crippen molar-refractivity contribution < 1.29 is 9.59 Å². The molecule has 2 N–H and O–H groups in total. The van der Waals surface area contributed by atoms with Gasteiger partial charge in [0, 0.05) is 47.8 Å². The molecule has 2 heterocycles. The maximum Gasteiger partial charge on any atom is 0.315 e. The summed E-state index contributed by atoms with van der Waals surface area (Å²) < 4.78 is 2.18. The number of carbonyl (C=O) groups excluding carboxylic acids is 2. The summed E-state index contributed by atoms with van der Waals surface area (Å²) in [6, 6.07) is 12.4. The van der Waals surface area contributed by atoms with E-state index in [4.69, 9.17) is 0 Å². The molecule has 0 atom stereocenters. The lowest BCUT2D eigenvalue weighted by molar-refractivity contribution is 0.0708. The molecule has 4 rings (SSSR count). The quantitative estimate of drug-likeness (QED) is 0.770. The van der Waals surface area contributed by atoms with Crippen molar-refractivity contribution in [2.24, 2.45) is 0 Å². The second-order valence-corrected chi connectivity index (χ2v) is 9.02. The van der Waals surface area contributed by atoms with E-state index in [9.17, 15) is 9.59 Å². The Morgan fingerprint density at radius 1 is 0.774 bits per heavy atom. The SMILES string of the molecule is Cc1ccc(C)n1-c1ccc(C(=O)N2CCC(NC(=O)NC3CCCCC3)CC2)cc1. The Kier molecular flexibility index (Phi) is 6.64. The number of aromatic nitrogens is 1. The molecule has 31 heavy (non-hydrogen) atoms. The number of urea groups is 1. The summed E-state index contributed by atoms with van der Waals surface area (Å²) in [5, 5.41) is 6.23. The molecule has 6 nitrogen and oxygen atoms in total. The second-order valence-electron chi connectivity index (χ2n) is 9.02. The monoisotopic (exact) mass is 422 g/mol. The maximum atomic E-state index is 12.9. The minimum Gasteiger partial charge on any atom is -0.338 e. The van der Waals surface area contributed by atoms with Gasteiger partial charge < -0.3 is 20.1 Å². The molecule has 3 amide bonds. The van der Waals surface area contributed by atoms with Gasteiger partial charge in [-0.1, -0.05) is 19.3 Å². The van der Waals surface area contributed by atoms with Crippen LogP contribution in [0.2, 0.25) is 0 Å².